The first-order chi connectivity index (χ1) is 10.6. The number of para-hydroxylation sites is 1. The van der Waals surface area contributed by atoms with Crippen molar-refractivity contribution in [2.24, 2.45) is 0 Å². The zero-order valence-corrected chi connectivity index (χ0v) is 13.5. The molecule has 0 saturated heterocycles. The first-order valence-corrected chi connectivity index (χ1v) is 7.88. The third-order valence-electron chi connectivity index (χ3n) is 3.88. The number of benzene rings is 2. The molecule has 2 aromatic rings. The lowest BCUT2D eigenvalue weighted by molar-refractivity contribution is 0.249. The highest BCUT2D eigenvalue weighted by atomic mass is 16.2. The maximum absolute atomic E-state index is 12.2. The Hall–Kier alpha value is -2.29. The Morgan fingerprint density at radius 1 is 1.00 bits per heavy atom. The van der Waals surface area contributed by atoms with Gasteiger partial charge in [-0.15, -0.1) is 0 Å². The molecule has 0 heterocycles. The molecule has 0 aliphatic rings. The lowest BCUT2D eigenvalue weighted by atomic mass is 10.1. The van der Waals surface area contributed by atoms with Gasteiger partial charge < -0.3 is 10.6 Å². The smallest absolute Gasteiger partial charge is 0.319 e. The SMILES string of the molecule is CCc1ccc([C@H](C)NC(=O)Nc2ccccc2CC)cc1. The Balaban J connectivity index is 1.98. The third kappa shape index (κ3) is 4.10. The van der Waals surface area contributed by atoms with Gasteiger partial charge in [0.15, 0.2) is 0 Å². The van der Waals surface area contributed by atoms with E-state index >= 15 is 0 Å². The normalized spacial score (nSPS) is 11.8. The molecule has 116 valence electrons. The Morgan fingerprint density at radius 2 is 1.68 bits per heavy atom. The minimum atomic E-state index is -0.173. The summed E-state index contributed by atoms with van der Waals surface area (Å²) < 4.78 is 0. The van der Waals surface area contributed by atoms with Crippen LogP contribution >= 0.6 is 0 Å². The lowest BCUT2D eigenvalue weighted by Crippen LogP contribution is -2.31. The number of aryl methyl sites for hydroxylation is 2. The highest BCUT2D eigenvalue weighted by Gasteiger charge is 2.10. The molecule has 0 unspecified atom stereocenters. The van der Waals surface area contributed by atoms with Crippen LogP contribution < -0.4 is 10.6 Å². The van der Waals surface area contributed by atoms with E-state index in [1.54, 1.807) is 0 Å². The number of carbonyl (C=O) groups excluding carboxylic acids is 1. The molecule has 0 spiro atoms. The second-order valence-electron chi connectivity index (χ2n) is 5.43. The molecule has 22 heavy (non-hydrogen) atoms. The molecule has 0 saturated carbocycles. The topological polar surface area (TPSA) is 41.1 Å². The Labute approximate surface area is 132 Å². The van der Waals surface area contributed by atoms with Crippen molar-refractivity contribution in [1.29, 1.82) is 0 Å². The van der Waals surface area contributed by atoms with E-state index in [0.29, 0.717) is 0 Å². The molecule has 2 amide bonds. The fourth-order valence-corrected chi connectivity index (χ4v) is 2.43. The second kappa shape index (κ2) is 7.64. The standard InChI is InChI=1S/C19H24N2O/c1-4-15-10-12-17(13-11-15)14(3)20-19(22)21-18-9-7-6-8-16(18)5-2/h6-14H,4-5H2,1-3H3,(H2,20,21,22)/t14-/m0/s1. The van der Waals surface area contributed by atoms with Gasteiger partial charge in [0.2, 0.25) is 0 Å². The summed E-state index contributed by atoms with van der Waals surface area (Å²) in [4.78, 5) is 12.2. The fraction of sp³-hybridized carbons (Fsp3) is 0.316. The summed E-state index contributed by atoms with van der Waals surface area (Å²) in [7, 11) is 0. The van der Waals surface area contributed by atoms with Gasteiger partial charge in [-0.05, 0) is 42.5 Å². The number of rotatable bonds is 5. The number of amides is 2. The molecule has 0 fully saturated rings. The van der Waals surface area contributed by atoms with Crippen molar-refractivity contribution in [1.82, 2.24) is 5.32 Å². The average molecular weight is 296 g/mol. The van der Waals surface area contributed by atoms with Crippen LogP contribution in [0.2, 0.25) is 0 Å². The van der Waals surface area contributed by atoms with Gasteiger partial charge in [-0.1, -0.05) is 56.3 Å². The molecule has 1 atom stereocenters. The van der Waals surface area contributed by atoms with Crippen LogP contribution in [0.5, 0.6) is 0 Å². The van der Waals surface area contributed by atoms with E-state index in [4.69, 9.17) is 0 Å². The molecule has 2 N–H and O–H groups in total. The van der Waals surface area contributed by atoms with E-state index in [1.807, 2.05) is 31.2 Å². The van der Waals surface area contributed by atoms with Gasteiger partial charge >= 0.3 is 6.03 Å². The molecule has 0 aliphatic carbocycles. The van der Waals surface area contributed by atoms with Crippen molar-refractivity contribution in [3.63, 3.8) is 0 Å². The largest absolute Gasteiger partial charge is 0.331 e. The molecule has 2 aromatic carbocycles. The summed E-state index contributed by atoms with van der Waals surface area (Å²) in [6.45, 7) is 6.21. The summed E-state index contributed by atoms with van der Waals surface area (Å²) in [5, 5.41) is 5.92. The predicted octanol–water partition coefficient (Wildman–Crippen LogP) is 4.69. The van der Waals surface area contributed by atoms with E-state index in [2.05, 4.69) is 48.7 Å². The maximum atomic E-state index is 12.2. The highest BCUT2D eigenvalue weighted by molar-refractivity contribution is 5.90. The first kappa shape index (κ1) is 16.1. The zero-order chi connectivity index (χ0) is 15.9. The summed E-state index contributed by atoms with van der Waals surface area (Å²) in [6.07, 6.45) is 1.92. The minimum Gasteiger partial charge on any atom is -0.331 e. The average Bonchev–Trinajstić information content (AvgIpc) is 2.55. The highest BCUT2D eigenvalue weighted by Crippen LogP contribution is 2.17. The summed E-state index contributed by atoms with van der Waals surface area (Å²) in [5.41, 5.74) is 4.42. The van der Waals surface area contributed by atoms with Crippen LogP contribution in [0.15, 0.2) is 48.5 Å². The zero-order valence-electron chi connectivity index (χ0n) is 13.5. The monoisotopic (exact) mass is 296 g/mol. The third-order valence-corrected chi connectivity index (χ3v) is 3.88. The number of carbonyl (C=O) groups is 1. The van der Waals surface area contributed by atoms with E-state index < -0.39 is 0 Å². The number of nitrogens with one attached hydrogen (secondary N) is 2. The van der Waals surface area contributed by atoms with Gasteiger partial charge in [0.1, 0.15) is 0 Å². The van der Waals surface area contributed by atoms with Gasteiger partial charge in [0.05, 0.1) is 6.04 Å². The van der Waals surface area contributed by atoms with Gasteiger partial charge in [-0.25, -0.2) is 4.79 Å². The summed E-state index contributed by atoms with van der Waals surface area (Å²) in [5.74, 6) is 0. The second-order valence-corrected chi connectivity index (χ2v) is 5.43. The van der Waals surface area contributed by atoms with Crippen LogP contribution in [-0.4, -0.2) is 6.03 Å². The molecule has 3 heteroatoms. The first-order valence-electron chi connectivity index (χ1n) is 7.88. The number of urea groups is 1. The van der Waals surface area contributed by atoms with Crippen LogP contribution in [0.25, 0.3) is 0 Å². The van der Waals surface area contributed by atoms with Crippen molar-refractivity contribution >= 4 is 11.7 Å². The molecule has 2 rings (SSSR count). The van der Waals surface area contributed by atoms with Crippen molar-refractivity contribution in [3.05, 3.63) is 65.2 Å². The summed E-state index contributed by atoms with van der Waals surface area (Å²) in [6, 6.07) is 16.0. The molecule has 0 bridgehead atoms. The van der Waals surface area contributed by atoms with Crippen LogP contribution in [0.4, 0.5) is 10.5 Å². The molecule has 0 aromatic heterocycles. The Bertz CT molecular complexity index is 620. The van der Waals surface area contributed by atoms with Gasteiger partial charge in [-0.2, -0.15) is 0 Å². The van der Waals surface area contributed by atoms with Crippen LogP contribution in [0, 0.1) is 0 Å². The minimum absolute atomic E-state index is 0.0281. The predicted molar refractivity (Wildman–Crippen MR) is 92.2 cm³/mol. The fourth-order valence-electron chi connectivity index (χ4n) is 2.43. The number of hydrogen-bond donors (Lipinski definition) is 2. The van der Waals surface area contributed by atoms with E-state index in [-0.39, 0.29) is 12.1 Å². The van der Waals surface area contributed by atoms with Crippen molar-refractivity contribution < 1.29 is 4.79 Å². The lowest BCUT2D eigenvalue weighted by Gasteiger charge is -2.16. The Morgan fingerprint density at radius 3 is 2.32 bits per heavy atom. The Kier molecular flexibility index (Phi) is 5.59. The van der Waals surface area contributed by atoms with Crippen LogP contribution in [0.3, 0.4) is 0 Å². The number of anilines is 1. The van der Waals surface area contributed by atoms with Gasteiger partial charge in [-0.3, -0.25) is 0 Å². The van der Waals surface area contributed by atoms with Crippen LogP contribution in [-0.2, 0) is 12.8 Å². The van der Waals surface area contributed by atoms with E-state index in [0.717, 1.165) is 29.7 Å². The van der Waals surface area contributed by atoms with Crippen molar-refractivity contribution in [3.8, 4) is 0 Å². The summed E-state index contributed by atoms with van der Waals surface area (Å²) >= 11 is 0. The molecular formula is C19H24N2O. The van der Waals surface area contributed by atoms with E-state index in [1.165, 1.54) is 5.56 Å². The van der Waals surface area contributed by atoms with Crippen molar-refractivity contribution in [2.75, 3.05) is 5.32 Å². The quantitative estimate of drug-likeness (QED) is 0.825. The molecular weight excluding hydrogens is 272 g/mol. The number of hydrogen-bond acceptors (Lipinski definition) is 1. The van der Waals surface area contributed by atoms with Gasteiger partial charge in [0, 0.05) is 5.69 Å². The molecule has 0 aliphatic heterocycles. The van der Waals surface area contributed by atoms with Crippen LogP contribution in [0.1, 0.15) is 43.5 Å². The molecule has 0 radical (unpaired) electrons. The van der Waals surface area contributed by atoms with E-state index in [9.17, 15) is 4.79 Å². The molecule has 3 nitrogen and oxygen atoms in total. The van der Waals surface area contributed by atoms with Crippen molar-refractivity contribution in [2.45, 2.75) is 39.7 Å². The van der Waals surface area contributed by atoms with Gasteiger partial charge in [0.25, 0.3) is 0 Å². The maximum Gasteiger partial charge on any atom is 0.319 e.